The molecular weight excluding hydrogens is 270 g/mol. The van der Waals surface area contributed by atoms with Gasteiger partial charge in [0.2, 0.25) is 0 Å². The van der Waals surface area contributed by atoms with Crippen LogP contribution in [0, 0.1) is 6.92 Å². The van der Waals surface area contributed by atoms with Crippen molar-refractivity contribution >= 4 is 29.1 Å². The summed E-state index contributed by atoms with van der Waals surface area (Å²) >= 11 is 3.07. The molecular formula is C11H13N3O2S2. The number of hydrogen-bond donors (Lipinski definition) is 1. The first kappa shape index (κ1) is 13.1. The molecule has 0 radical (unpaired) electrons. The highest BCUT2D eigenvalue weighted by Gasteiger charge is 2.11. The van der Waals surface area contributed by atoms with Gasteiger partial charge in [-0.25, -0.2) is 4.98 Å². The molecule has 0 saturated carbocycles. The van der Waals surface area contributed by atoms with Crippen LogP contribution in [0.25, 0.3) is 0 Å². The number of carboxylic acids is 1. The number of hydrogen-bond acceptors (Lipinski definition) is 5. The van der Waals surface area contributed by atoms with Gasteiger partial charge in [0.1, 0.15) is 0 Å². The zero-order valence-corrected chi connectivity index (χ0v) is 11.7. The summed E-state index contributed by atoms with van der Waals surface area (Å²) in [6, 6.07) is 0. The Kier molecular flexibility index (Phi) is 4.03. The van der Waals surface area contributed by atoms with Gasteiger partial charge in [-0.15, -0.1) is 11.3 Å². The molecule has 0 aliphatic carbocycles. The lowest BCUT2D eigenvalue weighted by Gasteiger charge is -1.92. The maximum atomic E-state index is 10.7. The lowest BCUT2D eigenvalue weighted by Crippen LogP contribution is -1.99. The first-order valence-corrected chi connectivity index (χ1v) is 7.13. The summed E-state index contributed by atoms with van der Waals surface area (Å²) in [6.07, 6.45) is 3.84. The van der Waals surface area contributed by atoms with E-state index < -0.39 is 5.97 Å². The Hall–Kier alpha value is -1.34. The van der Waals surface area contributed by atoms with Gasteiger partial charge in [-0.2, -0.15) is 5.10 Å². The number of rotatable bonds is 5. The van der Waals surface area contributed by atoms with Gasteiger partial charge in [0.25, 0.3) is 0 Å². The Morgan fingerprint density at radius 3 is 3.00 bits per heavy atom. The van der Waals surface area contributed by atoms with E-state index in [1.54, 1.807) is 16.4 Å². The molecule has 18 heavy (non-hydrogen) atoms. The van der Waals surface area contributed by atoms with Crippen LogP contribution in [0.3, 0.4) is 0 Å². The second-order valence-electron chi connectivity index (χ2n) is 3.87. The van der Waals surface area contributed by atoms with Crippen molar-refractivity contribution in [2.24, 2.45) is 7.05 Å². The smallest absolute Gasteiger partial charge is 0.308 e. The van der Waals surface area contributed by atoms with E-state index in [0.29, 0.717) is 0 Å². The molecule has 0 atom stereocenters. The van der Waals surface area contributed by atoms with Crippen LogP contribution < -0.4 is 0 Å². The quantitative estimate of drug-likeness (QED) is 0.851. The van der Waals surface area contributed by atoms with E-state index in [1.807, 2.05) is 26.4 Å². The molecule has 2 aromatic rings. The van der Waals surface area contributed by atoms with E-state index in [2.05, 4.69) is 10.1 Å². The second-order valence-corrected chi connectivity index (χ2v) is 6.18. The molecule has 2 aromatic heterocycles. The first-order valence-electron chi connectivity index (χ1n) is 5.33. The largest absolute Gasteiger partial charge is 0.481 e. The van der Waals surface area contributed by atoms with Gasteiger partial charge < -0.3 is 5.11 Å². The van der Waals surface area contributed by atoms with Crippen LogP contribution in [0.4, 0.5) is 0 Å². The van der Waals surface area contributed by atoms with Gasteiger partial charge in [0, 0.05) is 29.4 Å². The molecule has 5 nitrogen and oxygen atoms in total. The molecule has 0 bridgehead atoms. The zero-order chi connectivity index (χ0) is 13.1. The number of thiazole rings is 1. The van der Waals surface area contributed by atoms with Gasteiger partial charge in [0.05, 0.1) is 18.3 Å². The van der Waals surface area contributed by atoms with Crippen molar-refractivity contribution < 1.29 is 9.90 Å². The van der Waals surface area contributed by atoms with E-state index in [1.165, 1.54) is 11.3 Å². The molecule has 0 aliphatic rings. The minimum absolute atomic E-state index is 0.0525. The summed E-state index contributed by atoms with van der Waals surface area (Å²) in [5.74, 6) is -0.0154. The maximum Gasteiger partial charge on any atom is 0.308 e. The number of aromatic nitrogens is 3. The van der Waals surface area contributed by atoms with Crippen molar-refractivity contribution in [2.75, 3.05) is 0 Å². The highest BCUT2D eigenvalue weighted by atomic mass is 32.2. The van der Waals surface area contributed by atoms with Crippen molar-refractivity contribution in [1.82, 2.24) is 14.8 Å². The molecule has 2 rings (SSSR count). The zero-order valence-electron chi connectivity index (χ0n) is 10.1. The minimum atomic E-state index is -0.814. The van der Waals surface area contributed by atoms with Crippen molar-refractivity contribution in [3.63, 3.8) is 0 Å². The molecule has 0 aromatic carbocycles. The van der Waals surface area contributed by atoms with E-state index in [9.17, 15) is 4.79 Å². The van der Waals surface area contributed by atoms with Crippen LogP contribution in [-0.2, 0) is 24.0 Å². The highest BCUT2D eigenvalue weighted by Crippen LogP contribution is 2.29. The summed E-state index contributed by atoms with van der Waals surface area (Å²) in [5.41, 5.74) is 1.95. The van der Waals surface area contributed by atoms with Crippen LogP contribution >= 0.6 is 23.1 Å². The predicted molar refractivity (Wildman–Crippen MR) is 71.0 cm³/mol. The highest BCUT2D eigenvalue weighted by molar-refractivity contribution is 8.00. The number of aryl methyl sites for hydroxylation is 2. The average Bonchev–Trinajstić information content (AvgIpc) is 2.83. The van der Waals surface area contributed by atoms with Crippen molar-refractivity contribution in [1.29, 1.82) is 0 Å². The third-order valence-electron chi connectivity index (χ3n) is 2.31. The van der Waals surface area contributed by atoms with Crippen molar-refractivity contribution in [3.8, 4) is 0 Å². The van der Waals surface area contributed by atoms with E-state index in [-0.39, 0.29) is 6.42 Å². The van der Waals surface area contributed by atoms with Crippen LogP contribution in [0.15, 0.2) is 16.7 Å². The normalized spacial score (nSPS) is 10.8. The van der Waals surface area contributed by atoms with Gasteiger partial charge in [-0.1, -0.05) is 11.8 Å². The molecule has 0 amide bonds. The summed E-state index contributed by atoms with van der Waals surface area (Å²) in [5, 5.41) is 12.9. The molecule has 0 unspecified atom stereocenters. The number of thioether (sulfide) groups is 1. The first-order chi connectivity index (χ1) is 8.54. The fraction of sp³-hybridized carbons (Fsp3) is 0.364. The molecule has 0 saturated heterocycles. The van der Waals surface area contributed by atoms with Crippen molar-refractivity contribution in [3.05, 3.63) is 28.5 Å². The Morgan fingerprint density at radius 2 is 2.39 bits per heavy atom. The molecule has 0 spiro atoms. The average molecular weight is 283 g/mol. The predicted octanol–water partition coefficient (Wildman–Crippen LogP) is 2.10. The minimum Gasteiger partial charge on any atom is -0.481 e. The number of carboxylic acid groups (broad SMARTS) is 1. The topological polar surface area (TPSA) is 68.0 Å². The molecule has 0 fully saturated rings. The number of carbonyl (C=O) groups is 1. The third kappa shape index (κ3) is 3.33. The number of aliphatic carboxylic acids is 1. The molecule has 2 heterocycles. The fourth-order valence-corrected chi connectivity index (χ4v) is 3.59. The van der Waals surface area contributed by atoms with Crippen LogP contribution in [0.2, 0.25) is 0 Å². The van der Waals surface area contributed by atoms with E-state index in [0.717, 1.165) is 26.2 Å². The SMILES string of the molecule is Cc1nc(SCc2cnn(C)c2)sc1CC(=O)O. The lowest BCUT2D eigenvalue weighted by molar-refractivity contribution is -0.136. The van der Waals surface area contributed by atoms with Gasteiger partial charge >= 0.3 is 5.97 Å². The Morgan fingerprint density at radius 1 is 1.61 bits per heavy atom. The van der Waals surface area contributed by atoms with Gasteiger partial charge in [0.15, 0.2) is 4.34 Å². The van der Waals surface area contributed by atoms with E-state index in [4.69, 9.17) is 5.11 Å². The molecule has 7 heteroatoms. The summed E-state index contributed by atoms with van der Waals surface area (Å²) < 4.78 is 2.67. The monoisotopic (exact) mass is 283 g/mol. The standard InChI is InChI=1S/C11H13N3O2S2/c1-7-9(3-10(15)16)18-11(13-7)17-6-8-4-12-14(2)5-8/h4-5H,3,6H2,1-2H3,(H,15,16). The maximum absolute atomic E-state index is 10.7. The summed E-state index contributed by atoms with van der Waals surface area (Å²) in [7, 11) is 1.88. The Bertz CT molecular complexity index is 562. The van der Waals surface area contributed by atoms with Gasteiger partial charge in [-0.3, -0.25) is 9.48 Å². The van der Waals surface area contributed by atoms with E-state index >= 15 is 0 Å². The molecule has 96 valence electrons. The lowest BCUT2D eigenvalue weighted by atomic mass is 10.3. The fourth-order valence-electron chi connectivity index (χ4n) is 1.46. The Balaban J connectivity index is 1.99. The second kappa shape index (κ2) is 5.53. The molecule has 1 N–H and O–H groups in total. The Labute approximate surface area is 113 Å². The number of nitrogens with zero attached hydrogens (tertiary/aromatic N) is 3. The van der Waals surface area contributed by atoms with Crippen LogP contribution in [0.5, 0.6) is 0 Å². The van der Waals surface area contributed by atoms with Crippen molar-refractivity contribution in [2.45, 2.75) is 23.4 Å². The van der Waals surface area contributed by atoms with Crippen LogP contribution in [-0.4, -0.2) is 25.8 Å². The summed E-state index contributed by atoms with van der Waals surface area (Å²) in [6.45, 7) is 1.85. The summed E-state index contributed by atoms with van der Waals surface area (Å²) in [4.78, 5) is 15.9. The van der Waals surface area contributed by atoms with Crippen LogP contribution in [0.1, 0.15) is 16.1 Å². The van der Waals surface area contributed by atoms with Gasteiger partial charge in [-0.05, 0) is 6.92 Å². The third-order valence-corrected chi connectivity index (χ3v) is 4.68. The molecule has 0 aliphatic heterocycles.